The van der Waals surface area contributed by atoms with Gasteiger partial charge in [0.25, 0.3) is 0 Å². The number of carboxylic acid groups (broad SMARTS) is 1. The first kappa shape index (κ1) is 45.3. The fraction of sp³-hybridized carbons (Fsp3) is 0.658. The molecule has 302 valence electrons. The molecule has 0 spiro atoms. The number of likely N-dealkylation sites (N-methyl/N-ethyl adjacent to an activating group) is 1. The van der Waals surface area contributed by atoms with Crippen LogP contribution in [0.1, 0.15) is 92.6 Å². The van der Waals surface area contributed by atoms with Crippen LogP contribution in [0.5, 0.6) is 5.75 Å². The largest absolute Gasteiger partial charge is 0.508 e. The molecule has 0 saturated carbocycles. The summed E-state index contributed by atoms with van der Waals surface area (Å²) in [6.45, 7) is 12.4. The van der Waals surface area contributed by atoms with Gasteiger partial charge in [0.15, 0.2) is 0 Å². The number of amides is 7. The Hall–Kier alpha value is -4.89. The SMILES string of the molecule is CC[C@H](C)[C@H](NC(=O)N[C@@H]1CCCCNC(=O)[C@H](CC(C)C)NC(=O)[C@H](C)N(C)C(=O)[C@H](CCc2ccc(O)cc2)NC(=O)[C@H](C(C)C)NC1=O)C(=O)O. The van der Waals surface area contributed by atoms with Gasteiger partial charge in [0, 0.05) is 13.6 Å². The highest BCUT2D eigenvalue weighted by Gasteiger charge is 2.35. The van der Waals surface area contributed by atoms with Crippen LogP contribution in [0.3, 0.4) is 0 Å². The van der Waals surface area contributed by atoms with Crippen molar-refractivity contribution in [1.29, 1.82) is 0 Å². The summed E-state index contributed by atoms with van der Waals surface area (Å²) in [4.78, 5) is 94.7. The number of carboxylic acids is 1. The molecule has 7 amide bonds. The molecule has 1 saturated heterocycles. The molecule has 2 rings (SSSR count). The minimum Gasteiger partial charge on any atom is -0.508 e. The van der Waals surface area contributed by atoms with Crippen molar-refractivity contribution in [2.75, 3.05) is 13.6 Å². The summed E-state index contributed by atoms with van der Waals surface area (Å²) >= 11 is 0. The van der Waals surface area contributed by atoms with Gasteiger partial charge in [0.05, 0.1) is 0 Å². The maximum atomic E-state index is 14.0. The van der Waals surface area contributed by atoms with Crippen molar-refractivity contribution in [2.24, 2.45) is 17.8 Å². The Morgan fingerprint density at radius 2 is 1.52 bits per heavy atom. The summed E-state index contributed by atoms with van der Waals surface area (Å²) in [5, 5.41) is 35.5. The Kier molecular flexibility index (Phi) is 18.2. The Labute approximate surface area is 318 Å². The average molecular weight is 760 g/mol. The van der Waals surface area contributed by atoms with E-state index >= 15 is 0 Å². The molecule has 1 aliphatic rings. The van der Waals surface area contributed by atoms with Gasteiger partial charge in [-0.2, -0.15) is 0 Å². The number of phenols is 1. The zero-order chi connectivity index (χ0) is 40.7. The molecule has 16 heteroatoms. The molecule has 0 aliphatic carbocycles. The lowest BCUT2D eigenvalue weighted by molar-refractivity contribution is -0.142. The molecule has 7 atom stereocenters. The second-order valence-electron chi connectivity index (χ2n) is 15.0. The third-order valence-electron chi connectivity index (χ3n) is 9.77. The van der Waals surface area contributed by atoms with Gasteiger partial charge in [-0.3, -0.25) is 24.0 Å². The molecule has 1 fully saturated rings. The molecule has 0 radical (unpaired) electrons. The molecular formula is C38H61N7O9. The monoisotopic (exact) mass is 759 g/mol. The van der Waals surface area contributed by atoms with E-state index in [0.29, 0.717) is 32.1 Å². The number of rotatable bonds is 11. The van der Waals surface area contributed by atoms with E-state index in [4.69, 9.17) is 0 Å². The fourth-order valence-corrected chi connectivity index (χ4v) is 5.99. The molecule has 1 aromatic rings. The van der Waals surface area contributed by atoms with Crippen LogP contribution in [-0.4, -0.2) is 106 Å². The van der Waals surface area contributed by atoms with E-state index in [1.165, 1.54) is 31.0 Å². The Morgan fingerprint density at radius 3 is 2.09 bits per heavy atom. The average Bonchev–Trinajstić information content (AvgIpc) is 3.11. The maximum Gasteiger partial charge on any atom is 0.326 e. The molecule has 16 nitrogen and oxygen atoms in total. The van der Waals surface area contributed by atoms with Gasteiger partial charge in [-0.05, 0) is 80.9 Å². The van der Waals surface area contributed by atoms with Crippen LogP contribution >= 0.6 is 0 Å². The predicted octanol–water partition coefficient (Wildman–Crippen LogP) is 1.80. The molecule has 0 unspecified atom stereocenters. The van der Waals surface area contributed by atoms with Gasteiger partial charge < -0.3 is 47.0 Å². The number of nitrogens with zero attached hydrogens (tertiary/aromatic N) is 1. The number of nitrogens with one attached hydrogen (secondary N) is 6. The predicted molar refractivity (Wildman–Crippen MR) is 202 cm³/mol. The molecular weight excluding hydrogens is 698 g/mol. The van der Waals surface area contributed by atoms with E-state index in [1.807, 2.05) is 13.8 Å². The summed E-state index contributed by atoms with van der Waals surface area (Å²) in [5.41, 5.74) is 0.778. The second-order valence-corrected chi connectivity index (χ2v) is 15.0. The first-order valence-electron chi connectivity index (χ1n) is 18.9. The molecule has 0 bridgehead atoms. The fourth-order valence-electron chi connectivity index (χ4n) is 5.99. The third-order valence-corrected chi connectivity index (χ3v) is 9.77. The Morgan fingerprint density at radius 1 is 0.889 bits per heavy atom. The molecule has 0 aromatic heterocycles. The van der Waals surface area contributed by atoms with Crippen LogP contribution in [0.15, 0.2) is 24.3 Å². The molecule has 1 heterocycles. The highest BCUT2D eigenvalue weighted by atomic mass is 16.4. The molecule has 1 aliphatic heterocycles. The van der Waals surface area contributed by atoms with E-state index < -0.39 is 89.6 Å². The van der Waals surface area contributed by atoms with Gasteiger partial charge in [-0.15, -0.1) is 0 Å². The minimum atomic E-state index is -1.22. The summed E-state index contributed by atoms with van der Waals surface area (Å²) in [5.74, 6) is -4.87. The van der Waals surface area contributed by atoms with Crippen LogP contribution in [-0.2, 0) is 35.2 Å². The van der Waals surface area contributed by atoms with Crippen molar-refractivity contribution in [3.8, 4) is 5.75 Å². The summed E-state index contributed by atoms with van der Waals surface area (Å²) in [6.07, 6.45) is 2.07. The van der Waals surface area contributed by atoms with Gasteiger partial charge in [0.1, 0.15) is 42.0 Å². The van der Waals surface area contributed by atoms with Crippen LogP contribution in [0.2, 0.25) is 0 Å². The molecule has 1 aromatic carbocycles. The lowest BCUT2D eigenvalue weighted by atomic mass is 9.99. The standard InChI is InChI=1S/C38H61N7O9/c1-9-23(6)31(37(52)53)44-38(54)42-27-12-10-11-19-39-33(48)29(20-21(2)3)41-32(47)24(7)45(8)36(51)28(18-15-25-13-16-26(46)17-14-25)40-35(50)30(22(4)5)43-34(27)49/h13-14,16-17,21-24,27-31,46H,9-12,15,18-20H2,1-8H3,(H,39,48)(H,40,50)(H,41,47)(H,43,49)(H,52,53)(H2,42,44,54)/t23-,24-,27+,28-,29-,30-,31-/m0/s1. The smallest absolute Gasteiger partial charge is 0.326 e. The van der Waals surface area contributed by atoms with E-state index in [2.05, 4.69) is 31.9 Å². The highest BCUT2D eigenvalue weighted by molar-refractivity contribution is 5.96. The number of hydrogen-bond acceptors (Lipinski definition) is 8. The number of urea groups is 1. The number of hydrogen-bond donors (Lipinski definition) is 8. The maximum absolute atomic E-state index is 14.0. The summed E-state index contributed by atoms with van der Waals surface area (Å²) in [7, 11) is 1.44. The van der Waals surface area contributed by atoms with Crippen LogP contribution in [0.4, 0.5) is 4.79 Å². The summed E-state index contributed by atoms with van der Waals surface area (Å²) in [6, 6.07) is -1.08. The molecule has 54 heavy (non-hydrogen) atoms. The van der Waals surface area contributed by atoms with E-state index in [0.717, 1.165) is 5.56 Å². The van der Waals surface area contributed by atoms with Crippen molar-refractivity contribution < 1.29 is 43.8 Å². The lowest BCUT2D eigenvalue weighted by Gasteiger charge is -2.31. The van der Waals surface area contributed by atoms with E-state index in [-0.39, 0.29) is 31.1 Å². The zero-order valence-corrected chi connectivity index (χ0v) is 32.9. The first-order valence-corrected chi connectivity index (χ1v) is 18.9. The number of carbonyl (C=O) groups excluding carboxylic acids is 6. The van der Waals surface area contributed by atoms with Gasteiger partial charge in [-0.1, -0.05) is 60.1 Å². The second kappa shape index (κ2) is 21.7. The number of phenolic OH excluding ortho intramolecular Hbond substituents is 1. The van der Waals surface area contributed by atoms with Gasteiger partial charge in [-0.25, -0.2) is 9.59 Å². The molecule has 8 N–H and O–H groups in total. The number of benzene rings is 1. The van der Waals surface area contributed by atoms with Crippen molar-refractivity contribution >= 4 is 41.5 Å². The number of carbonyl (C=O) groups is 7. The lowest BCUT2D eigenvalue weighted by Crippen LogP contribution is -2.60. The van der Waals surface area contributed by atoms with Crippen molar-refractivity contribution in [3.63, 3.8) is 0 Å². The van der Waals surface area contributed by atoms with Crippen LogP contribution < -0.4 is 31.9 Å². The van der Waals surface area contributed by atoms with Crippen molar-refractivity contribution in [3.05, 3.63) is 29.8 Å². The first-order chi connectivity index (χ1) is 25.4. The van der Waals surface area contributed by atoms with E-state index in [9.17, 15) is 43.8 Å². The van der Waals surface area contributed by atoms with Crippen LogP contribution in [0.25, 0.3) is 0 Å². The van der Waals surface area contributed by atoms with Crippen LogP contribution in [0, 0.1) is 17.8 Å². The number of aryl methyl sites for hydroxylation is 1. The number of aliphatic carboxylic acids is 1. The third kappa shape index (κ3) is 14.2. The Balaban J connectivity index is 2.50. The Bertz CT molecular complexity index is 1450. The zero-order valence-electron chi connectivity index (χ0n) is 32.9. The van der Waals surface area contributed by atoms with Gasteiger partial charge >= 0.3 is 12.0 Å². The van der Waals surface area contributed by atoms with Crippen molar-refractivity contribution in [2.45, 2.75) is 130 Å². The highest BCUT2D eigenvalue weighted by Crippen LogP contribution is 2.16. The van der Waals surface area contributed by atoms with Crippen molar-refractivity contribution in [1.82, 2.24) is 36.8 Å². The van der Waals surface area contributed by atoms with E-state index in [1.54, 1.807) is 39.8 Å². The minimum absolute atomic E-state index is 0.0447. The van der Waals surface area contributed by atoms with Gasteiger partial charge in [0.2, 0.25) is 29.5 Å². The normalized spacial score (nSPS) is 23.9. The quantitative estimate of drug-likeness (QED) is 0.164. The summed E-state index contributed by atoms with van der Waals surface area (Å²) < 4.78 is 0. The number of aromatic hydroxyl groups is 1. The topological polar surface area (TPSA) is 235 Å².